The number of rotatable bonds is 2. The lowest BCUT2D eigenvalue weighted by atomic mass is 9.94. The van der Waals surface area contributed by atoms with Gasteiger partial charge in [-0.3, -0.25) is 4.99 Å². The van der Waals surface area contributed by atoms with Crippen LogP contribution in [0.25, 0.3) is 0 Å². The van der Waals surface area contributed by atoms with E-state index in [0.717, 1.165) is 34.6 Å². The first-order chi connectivity index (χ1) is 12.3. The number of nitrogens with one attached hydrogen (secondary N) is 1. The Morgan fingerprint density at radius 1 is 0.880 bits per heavy atom. The highest BCUT2D eigenvalue weighted by molar-refractivity contribution is 6.04. The standard InChI is InChI=1S/C22H17N3/c23-15-17-10-4-5-11-18(17)22-14-21(16-8-2-1-3-9-16)24-19-12-6-7-13-20(19)25-22/h1-13,22,25H,14H2. The minimum atomic E-state index is -0.00143. The highest BCUT2D eigenvalue weighted by atomic mass is 15.0. The van der Waals surface area contributed by atoms with Gasteiger partial charge in [0.25, 0.3) is 0 Å². The Bertz CT molecular complexity index is 968. The quantitative estimate of drug-likeness (QED) is 0.701. The van der Waals surface area contributed by atoms with Crippen molar-refractivity contribution in [3.05, 3.63) is 95.6 Å². The van der Waals surface area contributed by atoms with Gasteiger partial charge in [0.1, 0.15) is 0 Å². The van der Waals surface area contributed by atoms with Crippen molar-refractivity contribution >= 4 is 17.1 Å². The number of anilines is 1. The van der Waals surface area contributed by atoms with E-state index in [-0.39, 0.29) is 6.04 Å². The average molecular weight is 323 g/mol. The normalized spacial score (nSPS) is 16.0. The van der Waals surface area contributed by atoms with Gasteiger partial charge in [0, 0.05) is 6.42 Å². The lowest BCUT2D eigenvalue weighted by Crippen LogP contribution is -2.15. The molecule has 0 saturated heterocycles. The molecule has 25 heavy (non-hydrogen) atoms. The second-order valence-electron chi connectivity index (χ2n) is 6.04. The summed E-state index contributed by atoms with van der Waals surface area (Å²) in [6.45, 7) is 0. The van der Waals surface area contributed by atoms with Gasteiger partial charge >= 0.3 is 0 Å². The molecule has 0 spiro atoms. The second kappa shape index (κ2) is 6.62. The number of fused-ring (bicyclic) bond motifs is 1. The van der Waals surface area contributed by atoms with Gasteiger partial charge in [-0.2, -0.15) is 5.26 Å². The average Bonchev–Trinajstić information content (AvgIpc) is 2.88. The van der Waals surface area contributed by atoms with E-state index in [1.165, 1.54) is 0 Å². The van der Waals surface area contributed by atoms with Crippen LogP contribution >= 0.6 is 0 Å². The van der Waals surface area contributed by atoms with Crippen LogP contribution < -0.4 is 5.32 Å². The van der Waals surface area contributed by atoms with E-state index >= 15 is 0 Å². The van der Waals surface area contributed by atoms with Gasteiger partial charge < -0.3 is 5.32 Å². The highest BCUT2D eigenvalue weighted by Gasteiger charge is 2.22. The molecule has 3 nitrogen and oxygen atoms in total. The molecule has 1 atom stereocenters. The molecule has 1 N–H and O–H groups in total. The van der Waals surface area contributed by atoms with Crippen LogP contribution in [0, 0.1) is 11.3 Å². The zero-order chi connectivity index (χ0) is 17.1. The van der Waals surface area contributed by atoms with Crippen molar-refractivity contribution in [1.82, 2.24) is 0 Å². The van der Waals surface area contributed by atoms with Crippen LogP contribution in [0.15, 0.2) is 83.9 Å². The molecule has 0 aromatic heterocycles. The SMILES string of the molecule is N#Cc1ccccc1C1CC(c2ccccc2)=Nc2ccccc2N1. The van der Waals surface area contributed by atoms with Crippen molar-refractivity contribution in [3.63, 3.8) is 0 Å². The molecule has 1 heterocycles. The third kappa shape index (κ3) is 3.02. The Labute approximate surface area is 147 Å². The molecule has 0 radical (unpaired) electrons. The third-order valence-corrected chi connectivity index (χ3v) is 4.45. The summed E-state index contributed by atoms with van der Waals surface area (Å²) in [6.07, 6.45) is 0.720. The maximum Gasteiger partial charge on any atom is 0.0995 e. The van der Waals surface area contributed by atoms with E-state index in [1.54, 1.807) is 0 Å². The molecule has 3 aromatic rings. The molecule has 4 rings (SSSR count). The summed E-state index contributed by atoms with van der Waals surface area (Å²) in [5.41, 5.74) is 5.76. The van der Waals surface area contributed by atoms with Crippen LogP contribution in [-0.2, 0) is 0 Å². The number of hydrogen-bond acceptors (Lipinski definition) is 3. The van der Waals surface area contributed by atoms with Crippen LogP contribution in [0.5, 0.6) is 0 Å². The van der Waals surface area contributed by atoms with E-state index in [1.807, 2.05) is 66.7 Å². The van der Waals surface area contributed by atoms with E-state index in [4.69, 9.17) is 4.99 Å². The minimum absolute atomic E-state index is 0.00143. The van der Waals surface area contributed by atoms with Crippen molar-refractivity contribution in [2.75, 3.05) is 5.32 Å². The molecule has 1 unspecified atom stereocenters. The minimum Gasteiger partial charge on any atom is -0.376 e. The van der Waals surface area contributed by atoms with Crippen molar-refractivity contribution in [2.24, 2.45) is 4.99 Å². The first kappa shape index (κ1) is 15.2. The predicted octanol–water partition coefficient (Wildman–Crippen LogP) is 5.24. The molecule has 0 saturated carbocycles. The summed E-state index contributed by atoms with van der Waals surface area (Å²) in [7, 11) is 0. The van der Waals surface area contributed by atoms with Gasteiger partial charge in [0.05, 0.1) is 34.8 Å². The Hall–Kier alpha value is -3.38. The molecular weight excluding hydrogens is 306 g/mol. The lowest BCUT2D eigenvalue weighted by Gasteiger charge is -2.20. The molecule has 0 fully saturated rings. The van der Waals surface area contributed by atoms with Gasteiger partial charge in [-0.15, -0.1) is 0 Å². The molecule has 3 aromatic carbocycles. The van der Waals surface area contributed by atoms with Crippen molar-refractivity contribution in [3.8, 4) is 6.07 Å². The van der Waals surface area contributed by atoms with Gasteiger partial charge in [-0.1, -0.05) is 60.7 Å². The second-order valence-corrected chi connectivity index (χ2v) is 6.04. The van der Waals surface area contributed by atoms with E-state index in [2.05, 4.69) is 23.5 Å². The fourth-order valence-corrected chi connectivity index (χ4v) is 3.22. The number of hydrogen-bond donors (Lipinski definition) is 1. The molecule has 1 aliphatic rings. The van der Waals surface area contributed by atoms with Gasteiger partial charge in [-0.05, 0) is 29.3 Å². The van der Waals surface area contributed by atoms with Crippen molar-refractivity contribution in [2.45, 2.75) is 12.5 Å². The first-order valence-electron chi connectivity index (χ1n) is 8.33. The number of nitriles is 1. The zero-order valence-electron chi connectivity index (χ0n) is 13.7. The fraction of sp³-hybridized carbons (Fsp3) is 0.0909. The molecule has 0 bridgehead atoms. The van der Waals surface area contributed by atoms with Crippen LogP contribution in [-0.4, -0.2) is 5.71 Å². The summed E-state index contributed by atoms with van der Waals surface area (Å²) in [5, 5.41) is 13.1. The van der Waals surface area contributed by atoms with E-state index < -0.39 is 0 Å². The Morgan fingerprint density at radius 3 is 2.44 bits per heavy atom. The smallest absolute Gasteiger partial charge is 0.0995 e. The van der Waals surface area contributed by atoms with E-state index in [9.17, 15) is 5.26 Å². The number of para-hydroxylation sites is 2. The van der Waals surface area contributed by atoms with Crippen molar-refractivity contribution in [1.29, 1.82) is 5.26 Å². The Balaban J connectivity index is 1.84. The van der Waals surface area contributed by atoms with Gasteiger partial charge in [-0.25, -0.2) is 0 Å². The molecule has 0 aliphatic carbocycles. The summed E-state index contributed by atoms with van der Waals surface area (Å²) in [6, 6.07) is 28.4. The first-order valence-corrected chi connectivity index (χ1v) is 8.33. The Morgan fingerprint density at radius 2 is 1.60 bits per heavy atom. The zero-order valence-corrected chi connectivity index (χ0v) is 13.7. The van der Waals surface area contributed by atoms with Crippen molar-refractivity contribution < 1.29 is 0 Å². The summed E-state index contributed by atoms with van der Waals surface area (Å²) >= 11 is 0. The van der Waals surface area contributed by atoms with E-state index in [0.29, 0.717) is 5.56 Å². The lowest BCUT2D eigenvalue weighted by molar-refractivity contribution is 0.825. The fourth-order valence-electron chi connectivity index (χ4n) is 3.22. The number of aliphatic imine (C=N–C) groups is 1. The monoisotopic (exact) mass is 323 g/mol. The van der Waals surface area contributed by atoms with Gasteiger partial charge in [0.2, 0.25) is 0 Å². The van der Waals surface area contributed by atoms with Gasteiger partial charge in [0.15, 0.2) is 0 Å². The topological polar surface area (TPSA) is 48.2 Å². The third-order valence-electron chi connectivity index (χ3n) is 4.45. The molecule has 3 heteroatoms. The van der Waals surface area contributed by atoms with Crippen LogP contribution in [0.4, 0.5) is 11.4 Å². The number of nitrogens with zero attached hydrogens (tertiary/aromatic N) is 2. The molecular formula is C22H17N3. The van der Waals surface area contributed by atoms with Crippen LogP contribution in [0.2, 0.25) is 0 Å². The number of benzene rings is 3. The molecule has 0 amide bonds. The summed E-state index contributed by atoms with van der Waals surface area (Å²) in [4.78, 5) is 4.91. The highest BCUT2D eigenvalue weighted by Crippen LogP contribution is 2.36. The van der Waals surface area contributed by atoms with Crippen LogP contribution in [0.1, 0.15) is 29.2 Å². The largest absolute Gasteiger partial charge is 0.376 e. The summed E-state index contributed by atoms with van der Waals surface area (Å²) in [5.74, 6) is 0. The molecule has 120 valence electrons. The molecule has 1 aliphatic heterocycles. The Kier molecular flexibility index (Phi) is 4.02. The van der Waals surface area contributed by atoms with Crippen LogP contribution in [0.3, 0.4) is 0 Å². The maximum absolute atomic E-state index is 9.49. The maximum atomic E-state index is 9.49. The predicted molar refractivity (Wildman–Crippen MR) is 101 cm³/mol. The summed E-state index contributed by atoms with van der Waals surface area (Å²) < 4.78 is 0.